The lowest BCUT2D eigenvalue weighted by atomic mass is 10.2. The summed E-state index contributed by atoms with van der Waals surface area (Å²) in [6.07, 6.45) is 0.310. The van der Waals surface area contributed by atoms with Crippen molar-refractivity contribution >= 4 is 35.0 Å². The summed E-state index contributed by atoms with van der Waals surface area (Å²) in [5.41, 5.74) is -3.62. The molecular formula is C12H13ClF3NOS. The molecule has 2 nitrogen and oxygen atoms in total. The van der Waals surface area contributed by atoms with Crippen LogP contribution in [-0.4, -0.2) is 22.5 Å². The van der Waals surface area contributed by atoms with E-state index in [1.807, 2.05) is 6.07 Å². The van der Waals surface area contributed by atoms with Crippen LogP contribution < -0.4 is 5.32 Å². The maximum absolute atomic E-state index is 11.9. The smallest absolute Gasteiger partial charge is 0.326 e. The van der Waals surface area contributed by atoms with E-state index in [4.69, 9.17) is 11.6 Å². The van der Waals surface area contributed by atoms with E-state index in [0.717, 1.165) is 0 Å². The third-order valence-corrected chi connectivity index (χ3v) is 3.62. The maximum Gasteiger partial charge on any atom is 0.441 e. The highest BCUT2D eigenvalue weighted by atomic mass is 35.5. The minimum atomic E-state index is -4.28. The molecule has 1 N–H and O–H groups in total. The second-order valence-corrected chi connectivity index (χ2v) is 5.51. The fraction of sp³-hybridized carbons (Fsp3) is 0.417. The maximum atomic E-state index is 11.9. The zero-order valence-corrected chi connectivity index (χ0v) is 11.5. The average molecular weight is 312 g/mol. The second kappa shape index (κ2) is 7.65. The Morgan fingerprint density at radius 2 is 1.95 bits per heavy atom. The fourth-order valence-electron chi connectivity index (χ4n) is 1.30. The SMILES string of the molecule is O=C(CCC(Cl)CSC(F)(F)F)Nc1ccccc1. The molecule has 1 amide bonds. The van der Waals surface area contributed by atoms with E-state index in [0.29, 0.717) is 5.69 Å². The van der Waals surface area contributed by atoms with Gasteiger partial charge < -0.3 is 5.32 Å². The number of anilines is 1. The molecule has 1 atom stereocenters. The molecule has 0 heterocycles. The Kier molecular flexibility index (Phi) is 6.51. The van der Waals surface area contributed by atoms with E-state index < -0.39 is 10.9 Å². The minimum Gasteiger partial charge on any atom is -0.326 e. The zero-order chi connectivity index (χ0) is 14.3. The molecule has 1 rings (SSSR count). The van der Waals surface area contributed by atoms with E-state index in [-0.39, 0.29) is 36.3 Å². The van der Waals surface area contributed by atoms with E-state index in [1.54, 1.807) is 24.3 Å². The number of hydrogen-bond donors (Lipinski definition) is 1. The standard InChI is InChI=1S/C12H13ClF3NOS/c13-9(8-19-12(14,15)16)6-7-11(18)17-10-4-2-1-3-5-10/h1-5,9H,6-8H2,(H,17,18). The van der Waals surface area contributed by atoms with Gasteiger partial charge in [-0.15, -0.1) is 11.6 Å². The van der Waals surface area contributed by atoms with Crippen molar-refractivity contribution in [3.63, 3.8) is 0 Å². The Balaban J connectivity index is 2.23. The van der Waals surface area contributed by atoms with Crippen molar-refractivity contribution in [3.05, 3.63) is 30.3 Å². The van der Waals surface area contributed by atoms with E-state index >= 15 is 0 Å². The van der Waals surface area contributed by atoms with Gasteiger partial charge in [-0.3, -0.25) is 4.79 Å². The lowest BCUT2D eigenvalue weighted by molar-refractivity contribution is -0.116. The van der Waals surface area contributed by atoms with Crippen LogP contribution in [0.4, 0.5) is 18.9 Å². The minimum absolute atomic E-state index is 0.0987. The number of halogens is 4. The van der Waals surface area contributed by atoms with Crippen molar-refractivity contribution in [3.8, 4) is 0 Å². The van der Waals surface area contributed by atoms with Crippen molar-refractivity contribution in [1.29, 1.82) is 0 Å². The van der Waals surface area contributed by atoms with Crippen LogP contribution in [0.1, 0.15) is 12.8 Å². The molecule has 0 spiro atoms. The lowest BCUT2D eigenvalue weighted by Crippen LogP contribution is -2.15. The van der Waals surface area contributed by atoms with Gasteiger partial charge in [0.05, 0.1) is 0 Å². The first-order valence-corrected chi connectivity index (χ1v) is 6.98. The molecular weight excluding hydrogens is 299 g/mol. The van der Waals surface area contributed by atoms with Crippen molar-refractivity contribution < 1.29 is 18.0 Å². The molecule has 0 aliphatic rings. The van der Waals surface area contributed by atoms with E-state index in [9.17, 15) is 18.0 Å². The summed E-state index contributed by atoms with van der Waals surface area (Å²) in [6, 6.07) is 8.84. The Hall–Kier alpha value is -0.880. The summed E-state index contributed by atoms with van der Waals surface area (Å²) >= 11 is 5.57. The number of para-hydroxylation sites is 1. The van der Waals surface area contributed by atoms with Gasteiger partial charge in [-0.1, -0.05) is 18.2 Å². The third-order valence-electron chi connectivity index (χ3n) is 2.17. The van der Waals surface area contributed by atoms with Crippen LogP contribution in [0.25, 0.3) is 0 Å². The first kappa shape index (κ1) is 16.2. The first-order chi connectivity index (χ1) is 8.87. The molecule has 0 aliphatic carbocycles. The average Bonchev–Trinajstić information content (AvgIpc) is 2.34. The number of amides is 1. The van der Waals surface area contributed by atoms with Crippen molar-refractivity contribution in [2.45, 2.75) is 23.7 Å². The number of carbonyl (C=O) groups is 1. The molecule has 0 fully saturated rings. The van der Waals surface area contributed by atoms with Gasteiger partial charge >= 0.3 is 5.51 Å². The van der Waals surface area contributed by atoms with E-state index in [1.165, 1.54) is 0 Å². The van der Waals surface area contributed by atoms with Gasteiger partial charge in [0.1, 0.15) is 0 Å². The summed E-state index contributed by atoms with van der Waals surface area (Å²) in [5.74, 6) is -0.502. The molecule has 0 saturated carbocycles. The van der Waals surface area contributed by atoms with Gasteiger partial charge in [0.15, 0.2) is 0 Å². The largest absolute Gasteiger partial charge is 0.441 e. The Bertz CT molecular complexity index is 400. The van der Waals surface area contributed by atoms with Crippen LogP contribution in [-0.2, 0) is 4.79 Å². The molecule has 7 heteroatoms. The second-order valence-electron chi connectivity index (χ2n) is 3.81. The lowest BCUT2D eigenvalue weighted by Gasteiger charge is -2.11. The topological polar surface area (TPSA) is 29.1 Å². The number of carbonyl (C=O) groups excluding carboxylic acids is 1. The van der Waals surface area contributed by atoms with Gasteiger partial charge in [-0.25, -0.2) is 0 Å². The third kappa shape index (κ3) is 8.00. The van der Waals surface area contributed by atoms with Gasteiger partial charge in [-0.05, 0) is 30.3 Å². The number of nitrogens with one attached hydrogen (secondary N) is 1. The van der Waals surface area contributed by atoms with Gasteiger partial charge in [-0.2, -0.15) is 13.2 Å². The molecule has 19 heavy (non-hydrogen) atoms. The zero-order valence-electron chi connectivity index (χ0n) is 9.91. The molecule has 0 aliphatic heterocycles. The van der Waals surface area contributed by atoms with Crippen molar-refractivity contribution in [2.75, 3.05) is 11.1 Å². The number of rotatable bonds is 6. The van der Waals surface area contributed by atoms with Crippen LogP contribution in [0.3, 0.4) is 0 Å². The van der Waals surface area contributed by atoms with E-state index in [2.05, 4.69) is 5.32 Å². The molecule has 1 aromatic carbocycles. The highest BCUT2D eigenvalue weighted by molar-refractivity contribution is 8.00. The molecule has 0 saturated heterocycles. The first-order valence-electron chi connectivity index (χ1n) is 5.56. The normalized spacial score (nSPS) is 13.1. The van der Waals surface area contributed by atoms with Crippen LogP contribution in [0, 0.1) is 0 Å². The summed E-state index contributed by atoms with van der Waals surface area (Å²) in [5, 5.41) is 1.97. The Morgan fingerprint density at radius 1 is 1.32 bits per heavy atom. The molecule has 0 bridgehead atoms. The van der Waals surface area contributed by atoms with Crippen LogP contribution in [0.15, 0.2) is 30.3 Å². The van der Waals surface area contributed by atoms with Gasteiger partial charge in [0.25, 0.3) is 0 Å². The van der Waals surface area contributed by atoms with Crippen LogP contribution >= 0.6 is 23.4 Å². The molecule has 0 radical (unpaired) electrons. The fourth-order valence-corrected chi connectivity index (χ4v) is 2.14. The predicted molar refractivity (Wildman–Crippen MR) is 72.5 cm³/mol. The monoisotopic (exact) mass is 311 g/mol. The van der Waals surface area contributed by atoms with Crippen LogP contribution in [0.5, 0.6) is 0 Å². The predicted octanol–water partition coefficient (Wildman–Crippen LogP) is 4.27. The quantitative estimate of drug-likeness (QED) is 0.795. The highest BCUT2D eigenvalue weighted by Crippen LogP contribution is 2.32. The number of thioether (sulfide) groups is 1. The highest BCUT2D eigenvalue weighted by Gasteiger charge is 2.29. The van der Waals surface area contributed by atoms with Gasteiger partial charge in [0, 0.05) is 23.2 Å². The Morgan fingerprint density at radius 3 is 2.53 bits per heavy atom. The summed E-state index contributed by atoms with van der Waals surface area (Å²) in [4.78, 5) is 11.5. The Labute approximate surface area is 118 Å². The molecule has 0 aromatic heterocycles. The summed E-state index contributed by atoms with van der Waals surface area (Å²) < 4.78 is 35.8. The summed E-state index contributed by atoms with van der Waals surface area (Å²) in [6.45, 7) is 0. The van der Waals surface area contributed by atoms with Crippen molar-refractivity contribution in [2.24, 2.45) is 0 Å². The van der Waals surface area contributed by atoms with Gasteiger partial charge in [0.2, 0.25) is 5.91 Å². The molecule has 1 aromatic rings. The number of hydrogen-bond acceptors (Lipinski definition) is 2. The van der Waals surface area contributed by atoms with Crippen LogP contribution in [0.2, 0.25) is 0 Å². The summed E-state index contributed by atoms with van der Waals surface area (Å²) in [7, 11) is 0. The number of alkyl halides is 4. The molecule has 106 valence electrons. The van der Waals surface area contributed by atoms with Crippen molar-refractivity contribution in [1.82, 2.24) is 0 Å². The molecule has 1 unspecified atom stereocenters. The number of benzene rings is 1.